The van der Waals surface area contributed by atoms with Gasteiger partial charge in [0.1, 0.15) is 0 Å². The lowest BCUT2D eigenvalue weighted by molar-refractivity contribution is 0.101. The molecule has 2 rings (SSSR count). The molecule has 1 aromatic carbocycles. The number of hydrogen-bond acceptors (Lipinski definition) is 4. The van der Waals surface area contributed by atoms with E-state index in [0.29, 0.717) is 0 Å². The van der Waals surface area contributed by atoms with Crippen molar-refractivity contribution in [3.05, 3.63) is 23.4 Å². The van der Waals surface area contributed by atoms with E-state index in [9.17, 15) is 4.79 Å². The van der Waals surface area contributed by atoms with Gasteiger partial charge >= 0.3 is 0 Å². The summed E-state index contributed by atoms with van der Waals surface area (Å²) in [5.74, 6) is 0.117. The van der Waals surface area contributed by atoms with Crippen LogP contribution in [0.2, 0.25) is 0 Å². The van der Waals surface area contributed by atoms with Crippen LogP contribution in [-0.2, 0) is 0 Å². The first-order valence-corrected chi connectivity index (χ1v) is 6.58. The molecule has 0 aliphatic rings. The van der Waals surface area contributed by atoms with Gasteiger partial charge < -0.3 is 0 Å². The van der Waals surface area contributed by atoms with Crippen LogP contribution in [0.15, 0.2) is 17.0 Å². The van der Waals surface area contributed by atoms with Crippen molar-refractivity contribution in [2.45, 2.75) is 18.7 Å². The Morgan fingerprint density at radius 2 is 2.20 bits per heavy atom. The Morgan fingerprint density at radius 3 is 2.80 bits per heavy atom. The van der Waals surface area contributed by atoms with Gasteiger partial charge in [-0.3, -0.25) is 4.79 Å². The average molecular weight is 237 g/mol. The van der Waals surface area contributed by atoms with Crippen molar-refractivity contribution in [1.82, 2.24) is 4.37 Å². The third kappa shape index (κ3) is 1.79. The van der Waals surface area contributed by atoms with Gasteiger partial charge in [0.05, 0.1) is 10.4 Å². The van der Waals surface area contributed by atoms with Gasteiger partial charge in [-0.1, -0.05) is 0 Å². The quantitative estimate of drug-likeness (QED) is 0.591. The van der Waals surface area contributed by atoms with Gasteiger partial charge in [0.15, 0.2) is 5.78 Å². The summed E-state index contributed by atoms with van der Waals surface area (Å²) in [6.07, 6.45) is 1.99. The lowest BCUT2D eigenvalue weighted by Gasteiger charge is -2.03. The number of Topliss-reactive ketones (excluding diaryl/α,β-unsaturated/α-hetero) is 1. The number of benzene rings is 1. The molecule has 4 heteroatoms. The fourth-order valence-electron chi connectivity index (χ4n) is 1.53. The monoisotopic (exact) mass is 237 g/mol. The zero-order valence-corrected chi connectivity index (χ0v) is 10.5. The van der Waals surface area contributed by atoms with Crippen molar-refractivity contribution in [1.29, 1.82) is 0 Å². The van der Waals surface area contributed by atoms with Crippen LogP contribution in [0.4, 0.5) is 0 Å². The SMILES string of the molecule is CSc1cc2snc(C)c2cc1C(C)=O. The molecular formula is C11H11NOS2. The molecule has 0 atom stereocenters. The van der Waals surface area contributed by atoms with Crippen molar-refractivity contribution in [2.24, 2.45) is 0 Å². The van der Waals surface area contributed by atoms with Crippen LogP contribution >= 0.6 is 23.3 Å². The molecule has 2 aromatic rings. The molecule has 15 heavy (non-hydrogen) atoms. The van der Waals surface area contributed by atoms with Crippen LogP contribution in [0.25, 0.3) is 10.1 Å². The number of hydrogen-bond donors (Lipinski definition) is 0. The number of aryl methyl sites for hydroxylation is 1. The number of aromatic nitrogens is 1. The molecule has 0 bridgehead atoms. The summed E-state index contributed by atoms with van der Waals surface area (Å²) in [6, 6.07) is 4.02. The highest BCUT2D eigenvalue weighted by Crippen LogP contribution is 2.30. The zero-order valence-electron chi connectivity index (χ0n) is 8.83. The van der Waals surface area contributed by atoms with Crippen molar-refractivity contribution < 1.29 is 4.79 Å². The van der Waals surface area contributed by atoms with Crippen LogP contribution in [0, 0.1) is 6.92 Å². The van der Waals surface area contributed by atoms with E-state index in [2.05, 4.69) is 10.4 Å². The van der Waals surface area contributed by atoms with Crippen molar-refractivity contribution >= 4 is 39.2 Å². The predicted molar refractivity (Wildman–Crippen MR) is 66.1 cm³/mol. The topological polar surface area (TPSA) is 30.0 Å². The van der Waals surface area contributed by atoms with Crippen LogP contribution in [0.5, 0.6) is 0 Å². The normalized spacial score (nSPS) is 10.9. The maximum Gasteiger partial charge on any atom is 0.160 e. The van der Waals surface area contributed by atoms with Crippen molar-refractivity contribution in [3.8, 4) is 0 Å². The highest BCUT2D eigenvalue weighted by Gasteiger charge is 2.11. The Hall–Kier alpha value is -0.870. The smallest absolute Gasteiger partial charge is 0.160 e. The summed E-state index contributed by atoms with van der Waals surface area (Å²) in [6.45, 7) is 3.58. The minimum atomic E-state index is 0.117. The summed E-state index contributed by atoms with van der Waals surface area (Å²) in [7, 11) is 0. The van der Waals surface area contributed by atoms with Gasteiger partial charge in [0.25, 0.3) is 0 Å². The van der Waals surface area contributed by atoms with Crippen molar-refractivity contribution in [2.75, 3.05) is 6.26 Å². The lowest BCUT2D eigenvalue weighted by atomic mass is 10.1. The van der Waals surface area contributed by atoms with Gasteiger partial charge in [0.2, 0.25) is 0 Å². The molecule has 0 N–H and O–H groups in total. The summed E-state index contributed by atoms with van der Waals surface area (Å²) in [5.41, 5.74) is 1.81. The second-order valence-electron chi connectivity index (χ2n) is 3.37. The van der Waals surface area contributed by atoms with Crippen molar-refractivity contribution in [3.63, 3.8) is 0 Å². The maximum atomic E-state index is 11.5. The van der Waals surface area contributed by atoms with Crippen LogP contribution in [0.3, 0.4) is 0 Å². The molecule has 0 aliphatic heterocycles. The van der Waals surface area contributed by atoms with Crippen LogP contribution in [-0.4, -0.2) is 16.4 Å². The van der Waals surface area contributed by atoms with Gasteiger partial charge in [-0.2, -0.15) is 4.37 Å². The second kappa shape index (κ2) is 3.94. The van der Waals surface area contributed by atoms with E-state index in [4.69, 9.17) is 0 Å². The summed E-state index contributed by atoms with van der Waals surface area (Å²) in [4.78, 5) is 12.5. The largest absolute Gasteiger partial charge is 0.294 e. The molecule has 0 radical (unpaired) electrons. The van der Waals surface area contributed by atoms with E-state index in [0.717, 1.165) is 26.2 Å². The first-order chi connectivity index (χ1) is 7.13. The number of rotatable bonds is 2. The Bertz CT molecular complexity index is 531. The van der Waals surface area contributed by atoms with Gasteiger partial charge in [-0.15, -0.1) is 11.8 Å². The first kappa shape index (κ1) is 10.6. The van der Waals surface area contributed by atoms with E-state index >= 15 is 0 Å². The third-order valence-corrected chi connectivity index (χ3v) is 4.03. The molecular weight excluding hydrogens is 226 g/mol. The minimum absolute atomic E-state index is 0.117. The van der Waals surface area contributed by atoms with E-state index in [-0.39, 0.29) is 5.78 Å². The van der Waals surface area contributed by atoms with Gasteiger partial charge in [-0.05, 0) is 43.8 Å². The Labute approximate surface area is 96.9 Å². The van der Waals surface area contributed by atoms with E-state index < -0.39 is 0 Å². The molecule has 0 saturated carbocycles. The molecule has 0 fully saturated rings. The summed E-state index contributed by atoms with van der Waals surface area (Å²) in [5, 5.41) is 1.10. The molecule has 2 nitrogen and oxygen atoms in total. The van der Waals surface area contributed by atoms with Crippen LogP contribution < -0.4 is 0 Å². The number of ketones is 1. The molecule has 1 heterocycles. The highest BCUT2D eigenvalue weighted by molar-refractivity contribution is 7.98. The van der Waals surface area contributed by atoms with Gasteiger partial charge in [0, 0.05) is 15.8 Å². The molecule has 78 valence electrons. The lowest BCUT2D eigenvalue weighted by Crippen LogP contribution is -1.94. The summed E-state index contributed by atoms with van der Waals surface area (Å²) < 4.78 is 5.45. The number of carbonyl (C=O) groups is 1. The van der Waals surface area contributed by atoms with E-state index in [1.54, 1.807) is 18.7 Å². The molecule has 0 aliphatic carbocycles. The Kier molecular flexibility index (Phi) is 2.80. The fraction of sp³-hybridized carbons (Fsp3) is 0.273. The molecule has 0 saturated heterocycles. The fourth-order valence-corrected chi connectivity index (χ4v) is 3.07. The Morgan fingerprint density at radius 1 is 1.47 bits per heavy atom. The molecule has 0 spiro atoms. The number of thioether (sulfide) groups is 1. The van der Waals surface area contributed by atoms with Gasteiger partial charge in [-0.25, -0.2) is 0 Å². The standard InChI is InChI=1S/C11H11NOS2/c1-6-8-4-9(7(2)13)10(14-3)5-11(8)15-12-6/h4-5H,1-3H3. The molecule has 0 unspecified atom stereocenters. The second-order valence-corrected chi connectivity index (χ2v) is 5.03. The maximum absolute atomic E-state index is 11.5. The third-order valence-electron chi connectivity index (χ3n) is 2.35. The minimum Gasteiger partial charge on any atom is -0.294 e. The van der Waals surface area contributed by atoms with E-state index in [1.165, 1.54) is 11.5 Å². The number of fused-ring (bicyclic) bond motifs is 1. The number of nitrogens with zero attached hydrogens (tertiary/aromatic N) is 1. The molecule has 1 aromatic heterocycles. The number of carbonyl (C=O) groups excluding carboxylic acids is 1. The first-order valence-electron chi connectivity index (χ1n) is 4.58. The average Bonchev–Trinajstić information content (AvgIpc) is 2.58. The van der Waals surface area contributed by atoms with E-state index in [1.807, 2.05) is 19.2 Å². The Balaban J connectivity index is 2.77. The summed E-state index contributed by atoms with van der Waals surface area (Å²) >= 11 is 3.10. The highest BCUT2D eigenvalue weighted by atomic mass is 32.2. The van der Waals surface area contributed by atoms with Crippen LogP contribution in [0.1, 0.15) is 23.0 Å². The molecule has 0 amide bonds. The predicted octanol–water partition coefficient (Wildman–Crippen LogP) is 3.53. The zero-order chi connectivity index (χ0) is 11.0.